The van der Waals surface area contributed by atoms with E-state index in [4.69, 9.17) is 11.6 Å². The van der Waals surface area contributed by atoms with Crippen LogP contribution in [0.5, 0.6) is 0 Å². The van der Waals surface area contributed by atoms with E-state index in [9.17, 15) is 22.4 Å². The third kappa shape index (κ3) is 8.77. The Morgan fingerprint density at radius 1 is 1.05 bits per heavy atom. The highest BCUT2D eigenvalue weighted by Crippen LogP contribution is 2.25. The lowest BCUT2D eigenvalue weighted by molar-refractivity contribution is -0.129. The summed E-state index contributed by atoms with van der Waals surface area (Å²) in [7, 11) is -3.87. The minimum atomic E-state index is -3.87. The molecule has 3 rings (SSSR count). The van der Waals surface area contributed by atoms with Crippen LogP contribution in [-0.2, 0) is 26.0 Å². The van der Waals surface area contributed by atoms with E-state index in [1.165, 1.54) is 0 Å². The highest BCUT2D eigenvalue weighted by Gasteiger charge is 2.22. The van der Waals surface area contributed by atoms with Crippen LogP contribution in [0.4, 0.5) is 4.39 Å². The lowest BCUT2D eigenvalue weighted by Gasteiger charge is -2.20. The topological polar surface area (TPSA) is 104 Å². The summed E-state index contributed by atoms with van der Waals surface area (Å²) in [5.74, 6) is -0.891. The molecular formula is C26H31ClFN3O4S2. The van der Waals surface area contributed by atoms with Gasteiger partial charge in [0.15, 0.2) is 0 Å². The zero-order valence-corrected chi connectivity index (χ0v) is 23.1. The number of amides is 2. The molecule has 1 heterocycles. The van der Waals surface area contributed by atoms with Crippen LogP contribution in [0.15, 0.2) is 53.4 Å². The molecule has 0 spiro atoms. The van der Waals surface area contributed by atoms with Gasteiger partial charge in [0.2, 0.25) is 21.8 Å². The van der Waals surface area contributed by atoms with Crippen molar-refractivity contribution in [1.82, 2.24) is 15.4 Å². The van der Waals surface area contributed by atoms with Gasteiger partial charge < -0.3 is 10.6 Å². The molecule has 11 heteroatoms. The number of hydrogen-bond donors (Lipinski definition) is 3. The zero-order valence-electron chi connectivity index (χ0n) is 20.7. The average molecular weight is 568 g/mol. The maximum absolute atomic E-state index is 13.2. The number of rotatable bonds is 13. The summed E-state index contributed by atoms with van der Waals surface area (Å²) in [4.78, 5) is 26.2. The Labute approximate surface area is 225 Å². The minimum absolute atomic E-state index is 0.132. The Balaban J connectivity index is 1.44. The first-order valence-electron chi connectivity index (χ1n) is 12.0. The first-order valence-corrected chi connectivity index (χ1v) is 14.7. The standard InChI is InChI=1S/C26H31ClFN3O4S2/c1-17(2)13-22(31-25(32)16-20-14-18-7-3-4-8-23(18)36-20)26(33)29-11-5-6-12-30-37(34,35)24-10-9-19(28)15-21(24)27/h3-4,7-10,14-15,17,22,30H,5-6,11-13,16H2,1-2H3,(H,29,33)(H,31,32)/t22-/m0/s1. The fourth-order valence-electron chi connectivity index (χ4n) is 3.79. The summed E-state index contributed by atoms with van der Waals surface area (Å²) < 4.78 is 41.4. The van der Waals surface area contributed by atoms with E-state index in [-0.39, 0.29) is 40.6 Å². The van der Waals surface area contributed by atoms with Crippen LogP contribution >= 0.6 is 22.9 Å². The third-order valence-electron chi connectivity index (χ3n) is 5.55. The first-order chi connectivity index (χ1) is 17.5. The molecule has 0 aliphatic heterocycles. The van der Waals surface area contributed by atoms with Crippen LogP contribution < -0.4 is 15.4 Å². The second-order valence-electron chi connectivity index (χ2n) is 9.15. The van der Waals surface area contributed by atoms with Crippen LogP contribution in [0.2, 0.25) is 5.02 Å². The van der Waals surface area contributed by atoms with Crippen LogP contribution in [0.1, 0.15) is 38.0 Å². The van der Waals surface area contributed by atoms with Gasteiger partial charge in [0.1, 0.15) is 16.8 Å². The van der Waals surface area contributed by atoms with Gasteiger partial charge in [-0.15, -0.1) is 11.3 Å². The molecule has 1 atom stereocenters. The van der Waals surface area contributed by atoms with Crippen LogP contribution in [0.25, 0.3) is 10.1 Å². The maximum Gasteiger partial charge on any atom is 0.242 e. The lowest BCUT2D eigenvalue weighted by atomic mass is 10.0. The van der Waals surface area contributed by atoms with Gasteiger partial charge >= 0.3 is 0 Å². The summed E-state index contributed by atoms with van der Waals surface area (Å²) in [6.07, 6.45) is 1.70. The highest BCUT2D eigenvalue weighted by molar-refractivity contribution is 7.89. The molecule has 0 bridgehead atoms. The van der Waals surface area contributed by atoms with Crippen molar-refractivity contribution in [2.24, 2.45) is 5.92 Å². The van der Waals surface area contributed by atoms with Crippen molar-refractivity contribution in [3.8, 4) is 0 Å². The van der Waals surface area contributed by atoms with Crippen LogP contribution in [0.3, 0.4) is 0 Å². The molecule has 200 valence electrons. The molecule has 0 aliphatic rings. The van der Waals surface area contributed by atoms with Crippen LogP contribution in [-0.4, -0.2) is 39.4 Å². The molecule has 1 aromatic heterocycles. The first kappa shape index (κ1) is 29.0. The Morgan fingerprint density at radius 3 is 2.49 bits per heavy atom. The van der Waals surface area contributed by atoms with Crippen molar-refractivity contribution in [3.05, 3.63) is 64.2 Å². The zero-order chi connectivity index (χ0) is 27.0. The summed E-state index contributed by atoms with van der Waals surface area (Å²) in [6, 6.07) is 12.4. The van der Waals surface area contributed by atoms with E-state index in [1.54, 1.807) is 11.3 Å². The molecule has 3 N–H and O–H groups in total. The van der Waals surface area contributed by atoms with E-state index < -0.39 is 21.9 Å². The number of nitrogens with one attached hydrogen (secondary N) is 3. The number of carbonyl (C=O) groups excluding carboxylic acids is 2. The van der Waals surface area contributed by atoms with Crippen molar-refractivity contribution in [3.63, 3.8) is 0 Å². The smallest absolute Gasteiger partial charge is 0.242 e. The maximum atomic E-state index is 13.2. The van der Waals surface area contributed by atoms with Gasteiger partial charge in [-0.1, -0.05) is 43.6 Å². The number of hydrogen-bond acceptors (Lipinski definition) is 5. The van der Waals surface area contributed by atoms with E-state index in [1.807, 2.05) is 44.2 Å². The molecule has 0 saturated carbocycles. The second-order valence-corrected chi connectivity index (χ2v) is 12.5. The molecule has 3 aromatic rings. The number of benzene rings is 2. The molecule has 0 aliphatic carbocycles. The minimum Gasteiger partial charge on any atom is -0.354 e. The SMILES string of the molecule is CC(C)C[C@H](NC(=O)Cc1cc2ccccc2s1)C(=O)NCCCCNS(=O)(=O)c1ccc(F)cc1Cl. The molecule has 2 amide bonds. The Bertz CT molecular complexity index is 1310. The molecule has 0 saturated heterocycles. The molecule has 0 unspecified atom stereocenters. The van der Waals surface area contributed by atoms with Gasteiger partial charge in [-0.2, -0.15) is 0 Å². The van der Waals surface area contributed by atoms with Crippen molar-refractivity contribution in [2.45, 2.75) is 50.5 Å². The molecule has 37 heavy (non-hydrogen) atoms. The monoisotopic (exact) mass is 567 g/mol. The van der Waals surface area contributed by atoms with Crippen molar-refractivity contribution in [1.29, 1.82) is 0 Å². The van der Waals surface area contributed by atoms with Gasteiger partial charge in [0, 0.05) is 22.7 Å². The third-order valence-corrected chi connectivity index (χ3v) is 8.61. The molecular weight excluding hydrogens is 537 g/mol. The Hall–Kier alpha value is -2.53. The number of unbranched alkanes of at least 4 members (excludes halogenated alkanes) is 1. The van der Waals surface area contributed by atoms with Crippen LogP contribution in [0, 0.1) is 11.7 Å². The van der Waals surface area contributed by atoms with Crippen molar-refractivity contribution in [2.75, 3.05) is 13.1 Å². The van der Waals surface area contributed by atoms with Crippen molar-refractivity contribution >= 4 is 54.9 Å². The summed E-state index contributed by atoms with van der Waals surface area (Å²) in [5, 5.41) is 6.60. The predicted octanol–water partition coefficient (Wildman–Crippen LogP) is 4.64. The average Bonchev–Trinajstić information content (AvgIpc) is 3.22. The summed E-state index contributed by atoms with van der Waals surface area (Å²) >= 11 is 7.40. The summed E-state index contributed by atoms with van der Waals surface area (Å²) in [5.41, 5.74) is 0. The number of sulfonamides is 1. The predicted molar refractivity (Wildman–Crippen MR) is 146 cm³/mol. The van der Waals surface area contributed by atoms with E-state index in [0.29, 0.717) is 25.8 Å². The van der Waals surface area contributed by atoms with E-state index in [2.05, 4.69) is 15.4 Å². The van der Waals surface area contributed by atoms with E-state index in [0.717, 1.165) is 33.2 Å². The molecule has 0 radical (unpaired) electrons. The number of thiophene rings is 1. The summed E-state index contributed by atoms with van der Waals surface area (Å²) in [6.45, 7) is 4.43. The van der Waals surface area contributed by atoms with Gasteiger partial charge in [0.05, 0.1) is 11.4 Å². The number of halogens is 2. The van der Waals surface area contributed by atoms with Gasteiger partial charge in [-0.25, -0.2) is 17.5 Å². The fourth-order valence-corrected chi connectivity index (χ4v) is 6.46. The van der Waals surface area contributed by atoms with Crippen molar-refractivity contribution < 1.29 is 22.4 Å². The molecule has 7 nitrogen and oxygen atoms in total. The Morgan fingerprint density at radius 2 is 1.78 bits per heavy atom. The number of fused-ring (bicyclic) bond motifs is 1. The molecule has 0 fully saturated rings. The van der Waals surface area contributed by atoms with Gasteiger partial charge in [0.25, 0.3) is 0 Å². The fraction of sp³-hybridized carbons (Fsp3) is 0.385. The van der Waals surface area contributed by atoms with Gasteiger partial charge in [-0.05, 0) is 60.9 Å². The van der Waals surface area contributed by atoms with Gasteiger partial charge in [-0.3, -0.25) is 9.59 Å². The Kier molecular flexibility index (Phi) is 10.5. The lowest BCUT2D eigenvalue weighted by Crippen LogP contribution is -2.48. The number of carbonyl (C=O) groups is 2. The normalized spacial score (nSPS) is 12.6. The second kappa shape index (κ2) is 13.3. The largest absolute Gasteiger partial charge is 0.354 e. The van der Waals surface area contributed by atoms with E-state index >= 15 is 0 Å². The highest BCUT2D eigenvalue weighted by atomic mass is 35.5. The molecule has 2 aromatic carbocycles. The quantitative estimate of drug-likeness (QED) is 0.262.